The summed E-state index contributed by atoms with van der Waals surface area (Å²) in [5, 5.41) is 3.78. The molecule has 0 amide bonds. The predicted octanol–water partition coefficient (Wildman–Crippen LogP) is 2.74. The van der Waals surface area contributed by atoms with Gasteiger partial charge in [-0.2, -0.15) is 5.10 Å². The van der Waals surface area contributed by atoms with Gasteiger partial charge in [-0.25, -0.2) is 17.5 Å². The lowest BCUT2D eigenvalue weighted by atomic mass is 10.3. The Bertz CT molecular complexity index is 746. The topological polar surface area (TPSA) is 61.2 Å². The van der Waals surface area contributed by atoms with Crippen molar-refractivity contribution in [1.82, 2.24) is 9.78 Å². The predicted molar refractivity (Wildman–Crippen MR) is 72.3 cm³/mol. The number of ether oxygens (including phenoxy) is 1. The molecule has 0 saturated carbocycles. The number of nitrogens with zero attached hydrogens (tertiary/aromatic N) is 2. The molecule has 1 aromatic heterocycles. The van der Waals surface area contributed by atoms with Crippen LogP contribution in [0.5, 0.6) is 0 Å². The lowest BCUT2D eigenvalue weighted by Gasteiger charge is -2.02. The Kier molecular flexibility index (Phi) is 4.33. The first-order valence-corrected chi connectivity index (χ1v) is 8.00. The van der Waals surface area contributed by atoms with E-state index in [1.807, 2.05) is 0 Å². The van der Waals surface area contributed by atoms with Crippen molar-refractivity contribution in [2.24, 2.45) is 0 Å². The van der Waals surface area contributed by atoms with Crippen LogP contribution in [0.3, 0.4) is 0 Å². The summed E-state index contributed by atoms with van der Waals surface area (Å²) in [7, 11) is 2.62. The molecular formula is C11H9Cl2FN2O3S. The fourth-order valence-corrected chi connectivity index (χ4v) is 3.50. The third-order valence-electron chi connectivity index (χ3n) is 2.43. The maximum absolute atomic E-state index is 13.2. The van der Waals surface area contributed by atoms with Gasteiger partial charge in [-0.1, -0.05) is 17.7 Å². The maximum atomic E-state index is 13.2. The molecule has 0 N–H and O–H groups in total. The first-order valence-electron chi connectivity index (χ1n) is 5.31. The molecule has 20 heavy (non-hydrogen) atoms. The van der Waals surface area contributed by atoms with Gasteiger partial charge in [0.25, 0.3) is 9.05 Å². The van der Waals surface area contributed by atoms with E-state index >= 15 is 0 Å². The fraction of sp³-hybridized carbons (Fsp3) is 0.182. The van der Waals surface area contributed by atoms with Crippen LogP contribution >= 0.6 is 22.3 Å². The summed E-state index contributed by atoms with van der Waals surface area (Å²) in [5.41, 5.74) is 0.329. The standard InChI is InChI=1S/C11H9Cl2FN2O3S/c1-19-6-9-10(20(13,17)18)11(12)16(15-9)8-4-2-3-7(14)5-8/h2-5H,6H2,1H3. The van der Waals surface area contributed by atoms with Crippen molar-refractivity contribution >= 4 is 31.3 Å². The minimum Gasteiger partial charge on any atom is -0.378 e. The lowest BCUT2D eigenvalue weighted by molar-refractivity contribution is 0.179. The van der Waals surface area contributed by atoms with E-state index in [2.05, 4.69) is 5.10 Å². The summed E-state index contributed by atoms with van der Waals surface area (Å²) >= 11 is 6.00. The van der Waals surface area contributed by atoms with Crippen molar-refractivity contribution in [1.29, 1.82) is 0 Å². The van der Waals surface area contributed by atoms with Gasteiger partial charge in [0.05, 0.1) is 12.3 Å². The van der Waals surface area contributed by atoms with Crippen LogP contribution in [0.25, 0.3) is 5.69 Å². The smallest absolute Gasteiger partial charge is 0.266 e. The van der Waals surface area contributed by atoms with Crippen LogP contribution in [0.1, 0.15) is 5.69 Å². The molecule has 1 heterocycles. The molecule has 0 fully saturated rings. The zero-order valence-corrected chi connectivity index (χ0v) is 12.5. The van der Waals surface area contributed by atoms with Crippen LogP contribution in [-0.4, -0.2) is 25.3 Å². The van der Waals surface area contributed by atoms with Gasteiger partial charge in [-0.15, -0.1) is 0 Å². The molecule has 0 unspecified atom stereocenters. The molecule has 2 rings (SSSR count). The van der Waals surface area contributed by atoms with Crippen molar-refractivity contribution in [2.75, 3.05) is 7.11 Å². The summed E-state index contributed by atoms with van der Waals surface area (Å²) in [6, 6.07) is 5.40. The van der Waals surface area contributed by atoms with Crippen LogP contribution in [0.2, 0.25) is 5.15 Å². The largest absolute Gasteiger partial charge is 0.378 e. The highest BCUT2D eigenvalue weighted by atomic mass is 35.7. The number of halogens is 3. The summed E-state index contributed by atoms with van der Waals surface area (Å²) < 4.78 is 42.3. The van der Waals surface area contributed by atoms with E-state index in [4.69, 9.17) is 27.0 Å². The van der Waals surface area contributed by atoms with E-state index in [1.165, 1.54) is 31.4 Å². The van der Waals surface area contributed by atoms with Crippen molar-refractivity contribution in [3.8, 4) is 5.69 Å². The molecule has 0 aliphatic heterocycles. The van der Waals surface area contributed by atoms with E-state index in [-0.39, 0.29) is 28.0 Å². The molecule has 5 nitrogen and oxygen atoms in total. The summed E-state index contributed by atoms with van der Waals surface area (Å²) in [4.78, 5) is -0.341. The van der Waals surface area contributed by atoms with E-state index in [0.717, 1.165) is 4.68 Å². The van der Waals surface area contributed by atoms with Gasteiger partial charge < -0.3 is 4.74 Å². The molecule has 0 aliphatic rings. The van der Waals surface area contributed by atoms with Crippen molar-refractivity contribution in [2.45, 2.75) is 11.5 Å². The first kappa shape index (κ1) is 15.2. The molecular weight excluding hydrogens is 330 g/mol. The number of hydrogen-bond acceptors (Lipinski definition) is 4. The van der Waals surface area contributed by atoms with Crippen molar-refractivity contribution in [3.05, 3.63) is 40.9 Å². The Balaban J connectivity index is 2.68. The van der Waals surface area contributed by atoms with E-state index in [9.17, 15) is 12.8 Å². The van der Waals surface area contributed by atoms with E-state index in [0.29, 0.717) is 0 Å². The third kappa shape index (κ3) is 2.95. The molecule has 2 aromatic rings. The SMILES string of the molecule is COCc1nn(-c2cccc(F)c2)c(Cl)c1S(=O)(=O)Cl. The van der Waals surface area contributed by atoms with Gasteiger partial charge in [0.1, 0.15) is 16.4 Å². The molecule has 1 aromatic carbocycles. The Labute approximate surface area is 124 Å². The number of benzene rings is 1. The average molecular weight is 339 g/mol. The van der Waals surface area contributed by atoms with Crippen LogP contribution in [-0.2, 0) is 20.4 Å². The number of methoxy groups -OCH3 is 1. The van der Waals surface area contributed by atoms with E-state index in [1.54, 1.807) is 0 Å². The van der Waals surface area contributed by atoms with Gasteiger partial charge in [0.2, 0.25) is 0 Å². The molecule has 0 radical (unpaired) electrons. The van der Waals surface area contributed by atoms with Crippen LogP contribution < -0.4 is 0 Å². The molecule has 0 bridgehead atoms. The number of hydrogen-bond donors (Lipinski definition) is 0. The number of rotatable bonds is 4. The Morgan fingerprint density at radius 2 is 2.15 bits per heavy atom. The molecule has 9 heteroatoms. The second-order valence-corrected chi connectivity index (χ2v) is 6.69. The highest BCUT2D eigenvalue weighted by Crippen LogP contribution is 2.31. The molecule has 0 saturated heterocycles. The summed E-state index contributed by atoms with van der Waals surface area (Å²) in [6.07, 6.45) is 0. The lowest BCUT2D eigenvalue weighted by Crippen LogP contribution is -1.98. The Morgan fingerprint density at radius 1 is 1.45 bits per heavy atom. The third-order valence-corrected chi connectivity index (χ3v) is 4.27. The van der Waals surface area contributed by atoms with Crippen molar-refractivity contribution < 1.29 is 17.5 Å². The quantitative estimate of drug-likeness (QED) is 0.804. The van der Waals surface area contributed by atoms with Crippen LogP contribution in [0.15, 0.2) is 29.2 Å². The first-order chi connectivity index (χ1) is 9.34. The molecule has 0 spiro atoms. The summed E-state index contributed by atoms with van der Waals surface area (Å²) in [6.45, 7) is -0.0939. The van der Waals surface area contributed by atoms with Gasteiger partial charge in [0.15, 0.2) is 5.15 Å². The maximum Gasteiger partial charge on any atom is 0.266 e. The minimum atomic E-state index is -4.10. The van der Waals surface area contributed by atoms with Crippen LogP contribution in [0, 0.1) is 5.82 Å². The molecule has 108 valence electrons. The minimum absolute atomic E-state index is 0.0526. The summed E-state index contributed by atoms with van der Waals surface area (Å²) in [5.74, 6) is -0.502. The highest BCUT2D eigenvalue weighted by molar-refractivity contribution is 8.13. The average Bonchev–Trinajstić information content (AvgIpc) is 2.66. The zero-order valence-electron chi connectivity index (χ0n) is 10.2. The van der Waals surface area contributed by atoms with Crippen LogP contribution in [0.4, 0.5) is 4.39 Å². The fourth-order valence-electron chi connectivity index (χ4n) is 1.68. The van der Waals surface area contributed by atoms with Crippen molar-refractivity contribution in [3.63, 3.8) is 0 Å². The number of aromatic nitrogens is 2. The highest BCUT2D eigenvalue weighted by Gasteiger charge is 2.27. The second-order valence-electron chi connectivity index (χ2n) is 3.83. The normalized spacial score (nSPS) is 11.8. The van der Waals surface area contributed by atoms with Gasteiger partial charge >= 0.3 is 0 Å². The van der Waals surface area contributed by atoms with E-state index < -0.39 is 14.9 Å². The second kappa shape index (κ2) is 5.69. The van der Waals surface area contributed by atoms with Gasteiger partial charge in [0, 0.05) is 17.8 Å². The monoisotopic (exact) mass is 338 g/mol. The van der Waals surface area contributed by atoms with Gasteiger partial charge in [-0.3, -0.25) is 0 Å². The Morgan fingerprint density at radius 3 is 2.70 bits per heavy atom. The van der Waals surface area contributed by atoms with Gasteiger partial charge in [-0.05, 0) is 18.2 Å². The molecule has 0 atom stereocenters. The molecule has 0 aliphatic carbocycles. The zero-order chi connectivity index (χ0) is 14.9. The Hall–Kier alpha value is -1.15.